The number of nitrogens with zero attached hydrogens (tertiary/aromatic N) is 4. The summed E-state index contributed by atoms with van der Waals surface area (Å²) in [6, 6.07) is 3.17. The van der Waals surface area contributed by atoms with Crippen molar-refractivity contribution in [3.63, 3.8) is 0 Å². The van der Waals surface area contributed by atoms with Crippen molar-refractivity contribution in [1.82, 2.24) is 19.7 Å². The molecule has 3 amide bonds. The Morgan fingerprint density at radius 3 is 2.64 bits per heavy atom. The lowest BCUT2D eigenvalue weighted by atomic mass is 10.1. The molecule has 36 heavy (non-hydrogen) atoms. The number of aromatic nitrogens is 4. The number of pyridine rings is 1. The number of ether oxygens (including phenoxy) is 2. The molecule has 13 nitrogen and oxygen atoms in total. The predicted octanol–water partition coefficient (Wildman–Crippen LogP) is 2.98. The number of primary amides is 1. The highest BCUT2D eigenvalue weighted by atomic mass is 16.6. The molecule has 0 bridgehead atoms. The third kappa shape index (κ3) is 6.05. The first-order chi connectivity index (χ1) is 17.1. The molecule has 0 spiro atoms. The lowest BCUT2D eigenvalue weighted by Gasteiger charge is -2.22. The zero-order valence-corrected chi connectivity index (χ0v) is 20.1. The molecule has 0 atom stereocenters. The largest absolute Gasteiger partial charge is 0.444 e. The summed E-state index contributed by atoms with van der Waals surface area (Å²) in [4.78, 5) is 45.0. The molecule has 3 aromatic rings. The molecule has 4 rings (SSSR count). The predicted molar refractivity (Wildman–Crippen MR) is 127 cm³/mol. The van der Waals surface area contributed by atoms with Crippen molar-refractivity contribution in [2.75, 3.05) is 23.8 Å². The van der Waals surface area contributed by atoms with Crippen molar-refractivity contribution in [1.29, 1.82) is 0 Å². The fourth-order valence-corrected chi connectivity index (χ4v) is 3.54. The Hall–Kier alpha value is -4.26. The maximum Gasteiger partial charge on any atom is 0.413 e. The summed E-state index contributed by atoms with van der Waals surface area (Å²) in [5.74, 6) is -1.03. The van der Waals surface area contributed by atoms with E-state index in [1.165, 1.54) is 18.5 Å². The summed E-state index contributed by atoms with van der Waals surface area (Å²) in [7, 11) is 0. The second kappa shape index (κ2) is 10.2. The molecule has 1 aliphatic heterocycles. The maximum absolute atomic E-state index is 12.8. The standard InChI is InChI=1S/C23H27N7O6/c1-23(2,3)36-22(33)28-17-10-13(4-7-25-17)21-27-16(12-35-21)20(32)26-15-11-30(29-18(15)19(24)31)14-5-8-34-9-6-14/h4,7,10-12,14H,5-6,8-9H2,1-3H3,(H2,24,31)(H,26,32)(H,25,28,33). The average Bonchev–Trinajstić information content (AvgIpc) is 3.46. The van der Waals surface area contributed by atoms with Gasteiger partial charge in [-0.05, 0) is 45.7 Å². The molecule has 1 fully saturated rings. The number of nitrogens with two attached hydrogens (primary N) is 1. The summed E-state index contributed by atoms with van der Waals surface area (Å²) in [5.41, 5.74) is 5.37. The van der Waals surface area contributed by atoms with Gasteiger partial charge in [-0.15, -0.1) is 0 Å². The highest BCUT2D eigenvalue weighted by Gasteiger charge is 2.24. The van der Waals surface area contributed by atoms with E-state index in [4.69, 9.17) is 19.6 Å². The Morgan fingerprint density at radius 2 is 1.94 bits per heavy atom. The van der Waals surface area contributed by atoms with E-state index in [0.29, 0.717) is 18.8 Å². The van der Waals surface area contributed by atoms with Gasteiger partial charge in [0.25, 0.3) is 11.8 Å². The lowest BCUT2D eigenvalue weighted by Crippen LogP contribution is -2.27. The first kappa shape index (κ1) is 24.9. The Kier molecular flexibility index (Phi) is 7.01. The molecule has 13 heteroatoms. The molecule has 1 saturated heterocycles. The zero-order chi connectivity index (χ0) is 25.9. The Morgan fingerprint density at radius 1 is 1.19 bits per heavy atom. The first-order valence-corrected chi connectivity index (χ1v) is 11.3. The Labute approximate surface area is 206 Å². The number of oxazole rings is 1. The van der Waals surface area contributed by atoms with Crippen LogP contribution in [0.5, 0.6) is 0 Å². The van der Waals surface area contributed by atoms with Crippen molar-refractivity contribution < 1.29 is 28.3 Å². The van der Waals surface area contributed by atoms with Crippen molar-refractivity contribution in [2.24, 2.45) is 5.73 Å². The molecule has 0 radical (unpaired) electrons. The molecule has 4 N–H and O–H groups in total. The summed E-state index contributed by atoms with van der Waals surface area (Å²) >= 11 is 0. The summed E-state index contributed by atoms with van der Waals surface area (Å²) in [6.45, 7) is 6.42. The molecule has 4 heterocycles. The van der Waals surface area contributed by atoms with Crippen molar-refractivity contribution in [3.8, 4) is 11.5 Å². The van der Waals surface area contributed by atoms with Gasteiger partial charge < -0.3 is 24.9 Å². The smallest absolute Gasteiger partial charge is 0.413 e. The SMILES string of the molecule is CC(C)(C)OC(=O)Nc1cc(-c2nc(C(=O)Nc3cn(C4CCOCC4)nc3C(N)=O)co2)ccn1. The number of anilines is 2. The zero-order valence-electron chi connectivity index (χ0n) is 20.1. The number of carbonyl (C=O) groups excluding carboxylic acids is 3. The maximum atomic E-state index is 12.8. The Balaban J connectivity index is 1.48. The molecular formula is C23H27N7O6. The van der Waals surface area contributed by atoms with Crippen molar-refractivity contribution in [3.05, 3.63) is 42.2 Å². The molecule has 3 aromatic heterocycles. The first-order valence-electron chi connectivity index (χ1n) is 11.3. The third-order valence-corrected chi connectivity index (χ3v) is 5.15. The normalized spacial score (nSPS) is 14.3. The quantitative estimate of drug-likeness (QED) is 0.462. The van der Waals surface area contributed by atoms with Crippen LogP contribution < -0.4 is 16.4 Å². The van der Waals surface area contributed by atoms with Crippen LogP contribution in [0, 0.1) is 0 Å². The van der Waals surface area contributed by atoms with E-state index < -0.39 is 23.5 Å². The van der Waals surface area contributed by atoms with Gasteiger partial charge in [-0.25, -0.2) is 14.8 Å². The van der Waals surface area contributed by atoms with Crippen LogP contribution in [0.3, 0.4) is 0 Å². The van der Waals surface area contributed by atoms with Gasteiger partial charge in [0.2, 0.25) is 5.89 Å². The number of hydrogen-bond donors (Lipinski definition) is 3. The molecule has 0 saturated carbocycles. The van der Waals surface area contributed by atoms with E-state index in [2.05, 4.69) is 25.7 Å². The van der Waals surface area contributed by atoms with E-state index in [1.54, 1.807) is 37.7 Å². The van der Waals surface area contributed by atoms with Crippen molar-refractivity contribution in [2.45, 2.75) is 45.3 Å². The number of amides is 3. The van der Waals surface area contributed by atoms with Crippen LogP contribution >= 0.6 is 0 Å². The molecule has 0 aliphatic carbocycles. The number of nitrogens with one attached hydrogen (secondary N) is 2. The van der Waals surface area contributed by atoms with Gasteiger partial charge in [0.05, 0.1) is 11.7 Å². The number of carbonyl (C=O) groups is 3. The van der Waals surface area contributed by atoms with E-state index in [9.17, 15) is 14.4 Å². The molecule has 0 unspecified atom stereocenters. The van der Waals surface area contributed by atoms with Gasteiger partial charge in [-0.2, -0.15) is 5.10 Å². The van der Waals surface area contributed by atoms with Crippen LogP contribution in [0.25, 0.3) is 11.5 Å². The minimum atomic E-state index is -0.765. The van der Waals surface area contributed by atoms with Gasteiger partial charge in [0, 0.05) is 31.2 Å². The summed E-state index contributed by atoms with van der Waals surface area (Å²) in [6.07, 6.45) is 5.01. The van der Waals surface area contributed by atoms with Crippen LogP contribution in [0.15, 0.2) is 35.2 Å². The van der Waals surface area contributed by atoms with E-state index >= 15 is 0 Å². The van der Waals surface area contributed by atoms with Gasteiger partial charge in [0.1, 0.15) is 17.7 Å². The van der Waals surface area contributed by atoms with E-state index in [1.807, 2.05) is 0 Å². The monoisotopic (exact) mass is 497 g/mol. The summed E-state index contributed by atoms with van der Waals surface area (Å²) in [5, 5.41) is 9.43. The third-order valence-electron chi connectivity index (χ3n) is 5.15. The minimum Gasteiger partial charge on any atom is -0.444 e. The highest BCUT2D eigenvalue weighted by Crippen LogP contribution is 2.25. The molecule has 0 aromatic carbocycles. The lowest BCUT2D eigenvalue weighted by molar-refractivity contribution is 0.0634. The summed E-state index contributed by atoms with van der Waals surface area (Å²) < 4.78 is 17.7. The topological polar surface area (TPSA) is 176 Å². The van der Waals surface area contributed by atoms with Gasteiger partial charge in [-0.1, -0.05) is 0 Å². The molecular weight excluding hydrogens is 470 g/mol. The van der Waals surface area contributed by atoms with Crippen LogP contribution in [0.2, 0.25) is 0 Å². The van der Waals surface area contributed by atoms with Crippen LogP contribution in [-0.2, 0) is 9.47 Å². The molecule has 190 valence electrons. The number of rotatable bonds is 6. The van der Waals surface area contributed by atoms with Crippen LogP contribution in [-0.4, -0.2) is 56.5 Å². The number of hydrogen-bond acceptors (Lipinski definition) is 9. The van der Waals surface area contributed by atoms with Crippen LogP contribution in [0.1, 0.15) is 60.6 Å². The fourth-order valence-electron chi connectivity index (χ4n) is 3.54. The van der Waals surface area contributed by atoms with Gasteiger partial charge >= 0.3 is 6.09 Å². The van der Waals surface area contributed by atoms with Gasteiger partial charge in [-0.3, -0.25) is 19.6 Å². The van der Waals surface area contributed by atoms with Crippen molar-refractivity contribution >= 4 is 29.4 Å². The van der Waals surface area contributed by atoms with E-state index in [0.717, 1.165) is 12.8 Å². The highest BCUT2D eigenvalue weighted by molar-refractivity contribution is 6.07. The molecule has 1 aliphatic rings. The average molecular weight is 498 g/mol. The Bertz CT molecular complexity index is 1270. The minimum absolute atomic E-state index is 0.0299. The van der Waals surface area contributed by atoms with Crippen LogP contribution in [0.4, 0.5) is 16.3 Å². The second-order valence-corrected chi connectivity index (χ2v) is 9.13. The second-order valence-electron chi connectivity index (χ2n) is 9.13. The van der Waals surface area contributed by atoms with E-state index in [-0.39, 0.29) is 34.8 Å². The van der Waals surface area contributed by atoms with Gasteiger partial charge in [0.15, 0.2) is 11.4 Å². The fraction of sp³-hybridized carbons (Fsp3) is 0.391.